The number of piperidine rings is 1. The molecule has 4 rings (SSSR count). The van der Waals surface area contributed by atoms with E-state index in [0.29, 0.717) is 48.7 Å². The molecule has 8 heteroatoms. The van der Waals surface area contributed by atoms with Gasteiger partial charge in [-0.15, -0.1) is 10.2 Å². The van der Waals surface area contributed by atoms with Crippen LogP contribution in [-0.4, -0.2) is 52.2 Å². The van der Waals surface area contributed by atoms with E-state index in [4.69, 9.17) is 0 Å². The van der Waals surface area contributed by atoms with Crippen LogP contribution in [0.1, 0.15) is 25.3 Å². The van der Waals surface area contributed by atoms with Gasteiger partial charge in [-0.1, -0.05) is 42.5 Å². The predicted molar refractivity (Wildman–Crippen MR) is 115 cm³/mol. The van der Waals surface area contributed by atoms with Crippen LogP contribution in [0.5, 0.6) is 0 Å². The second-order valence-corrected chi connectivity index (χ2v) is 9.76. The molecule has 30 heavy (non-hydrogen) atoms. The highest BCUT2D eigenvalue weighted by Gasteiger charge is 2.32. The largest absolute Gasteiger partial charge is 0.393 e. The Kier molecular flexibility index (Phi) is 5.73. The lowest BCUT2D eigenvalue weighted by Gasteiger charge is -2.32. The maximum Gasteiger partial charge on any atom is 0.243 e. The maximum absolute atomic E-state index is 13.3. The van der Waals surface area contributed by atoms with Gasteiger partial charge >= 0.3 is 0 Å². The van der Waals surface area contributed by atoms with Gasteiger partial charge in [-0.2, -0.15) is 4.31 Å². The smallest absolute Gasteiger partial charge is 0.243 e. The Morgan fingerprint density at radius 3 is 2.30 bits per heavy atom. The van der Waals surface area contributed by atoms with Gasteiger partial charge in [-0.25, -0.2) is 8.42 Å². The fraction of sp³-hybridized carbons (Fsp3) is 0.364. The Morgan fingerprint density at radius 1 is 1.03 bits per heavy atom. The van der Waals surface area contributed by atoms with Crippen molar-refractivity contribution in [2.75, 3.05) is 13.1 Å². The van der Waals surface area contributed by atoms with E-state index in [1.54, 1.807) is 26.0 Å². The second-order valence-electron chi connectivity index (χ2n) is 7.85. The zero-order valence-corrected chi connectivity index (χ0v) is 17.9. The number of hydrogen-bond donors (Lipinski definition) is 2. The number of H-pyrrole nitrogens is 1. The number of benzene rings is 2. The molecule has 0 spiro atoms. The van der Waals surface area contributed by atoms with Gasteiger partial charge in [0.2, 0.25) is 10.0 Å². The highest BCUT2D eigenvalue weighted by atomic mass is 32.2. The zero-order chi connectivity index (χ0) is 21.3. The summed E-state index contributed by atoms with van der Waals surface area (Å²) < 4.78 is 28.1. The van der Waals surface area contributed by atoms with Crippen molar-refractivity contribution in [1.29, 1.82) is 0 Å². The van der Waals surface area contributed by atoms with Gasteiger partial charge in [0, 0.05) is 24.2 Å². The van der Waals surface area contributed by atoms with Crippen LogP contribution in [0.15, 0.2) is 53.4 Å². The van der Waals surface area contributed by atoms with Crippen molar-refractivity contribution < 1.29 is 13.5 Å². The first-order valence-corrected chi connectivity index (χ1v) is 11.6. The number of rotatable bonds is 5. The number of aryl methyl sites for hydroxylation is 1. The van der Waals surface area contributed by atoms with Crippen molar-refractivity contribution in [1.82, 2.24) is 19.5 Å². The van der Waals surface area contributed by atoms with Crippen molar-refractivity contribution in [3.63, 3.8) is 0 Å². The molecule has 1 atom stereocenters. The lowest BCUT2D eigenvalue weighted by Crippen LogP contribution is -2.40. The van der Waals surface area contributed by atoms with Gasteiger partial charge in [0.1, 0.15) is 0 Å². The van der Waals surface area contributed by atoms with E-state index in [1.165, 1.54) is 4.31 Å². The Bertz CT molecular complexity index is 1120. The molecule has 1 aliphatic heterocycles. The third-order valence-corrected chi connectivity index (χ3v) is 7.83. The highest BCUT2D eigenvalue weighted by molar-refractivity contribution is 7.89. The average Bonchev–Trinajstić information content (AvgIpc) is 3.25. The number of aromatic amines is 1. The summed E-state index contributed by atoms with van der Waals surface area (Å²) in [5.41, 5.74) is 2.28. The highest BCUT2D eigenvalue weighted by Crippen LogP contribution is 2.30. The number of aliphatic hydroxyl groups is 1. The molecule has 0 bridgehead atoms. The molecule has 3 aromatic rings. The normalized spacial score (nSPS) is 17.2. The molecule has 0 amide bonds. The van der Waals surface area contributed by atoms with Gasteiger partial charge < -0.3 is 10.1 Å². The van der Waals surface area contributed by atoms with Crippen LogP contribution >= 0.6 is 0 Å². The van der Waals surface area contributed by atoms with Crippen LogP contribution in [0.25, 0.3) is 22.8 Å². The summed E-state index contributed by atoms with van der Waals surface area (Å²) in [6.07, 6.45) is 0.918. The summed E-state index contributed by atoms with van der Waals surface area (Å²) in [6.45, 7) is 4.41. The summed E-state index contributed by atoms with van der Waals surface area (Å²) >= 11 is 0. The Morgan fingerprint density at radius 2 is 1.67 bits per heavy atom. The predicted octanol–water partition coefficient (Wildman–Crippen LogP) is 3.23. The molecule has 1 fully saturated rings. The van der Waals surface area contributed by atoms with Crippen LogP contribution in [0.2, 0.25) is 0 Å². The van der Waals surface area contributed by atoms with Crippen LogP contribution in [0.3, 0.4) is 0 Å². The molecule has 2 heterocycles. The molecule has 0 radical (unpaired) electrons. The van der Waals surface area contributed by atoms with Crippen molar-refractivity contribution >= 4 is 10.0 Å². The molecule has 158 valence electrons. The number of hydrogen-bond acceptors (Lipinski definition) is 5. The van der Waals surface area contributed by atoms with Gasteiger partial charge in [-0.3, -0.25) is 0 Å². The van der Waals surface area contributed by atoms with Crippen LogP contribution < -0.4 is 0 Å². The zero-order valence-electron chi connectivity index (χ0n) is 17.1. The second kappa shape index (κ2) is 8.29. The van der Waals surface area contributed by atoms with Gasteiger partial charge in [0.15, 0.2) is 11.6 Å². The Hall–Kier alpha value is -2.55. The first-order valence-electron chi connectivity index (χ1n) is 10.1. The molecule has 1 unspecified atom stereocenters. The van der Waals surface area contributed by atoms with Crippen LogP contribution in [0.4, 0.5) is 0 Å². The van der Waals surface area contributed by atoms with Crippen molar-refractivity contribution in [2.24, 2.45) is 5.92 Å². The minimum atomic E-state index is -3.63. The van der Waals surface area contributed by atoms with Crippen molar-refractivity contribution in [3.05, 3.63) is 54.1 Å². The molecule has 1 aromatic heterocycles. The van der Waals surface area contributed by atoms with E-state index in [0.717, 1.165) is 5.56 Å². The number of sulfonamides is 1. The topological polar surface area (TPSA) is 99.2 Å². The van der Waals surface area contributed by atoms with Gasteiger partial charge in [-0.05, 0) is 44.2 Å². The Labute approximate surface area is 176 Å². The minimum absolute atomic E-state index is 0.148. The quantitative estimate of drug-likeness (QED) is 0.653. The third kappa shape index (κ3) is 4.03. The first-order chi connectivity index (χ1) is 14.4. The van der Waals surface area contributed by atoms with E-state index in [2.05, 4.69) is 15.2 Å². The summed E-state index contributed by atoms with van der Waals surface area (Å²) in [4.78, 5) is 3.47. The summed E-state index contributed by atoms with van der Waals surface area (Å²) in [6, 6.07) is 15.0. The van der Waals surface area contributed by atoms with Gasteiger partial charge in [0.05, 0.1) is 11.0 Å². The van der Waals surface area contributed by atoms with E-state index in [-0.39, 0.29) is 10.8 Å². The number of nitrogens with zero attached hydrogens (tertiary/aromatic N) is 3. The number of aromatic nitrogens is 3. The Balaban J connectivity index is 1.62. The minimum Gasteiger partial charge on any atom is -0.393 e. The van der Waals surface area contributed by atoms with Crippen LogP contribution in [0, 0.1) is 12.8 Å². The SMILES string of the molecule is Cc1ccc(-c2nnc(-c3ccccc3)[nH]2)cc1S(=O)(=O)N1CCC(C(C)O)CC1. The summed E-state index contributed by atoms with van der Waals surface area (Å²) in [7, 11) is -3.63. The molecule has 2 aromatic carbocycles. The molecule has 1 saturated heterocycles. The molecule has 2 N–H and O–H groups in total. The molecular formula is C22H26N4O3S. The third-order valence-electron chi connectivity index (χ3n) is 5.79. The number of nitrogens with one attached hydrogen (secondary N) is 1. The fourth-order valence-electron chi connectivity index (χ4n) is 3.88. The fourth-order valence-corrected chi connectivity index (χ4v) is 5.60. The van der Waals surface area contributed by atoms with Crippen LogP contribution in [-0.2, 0) is 10.0 Å². The molecular weight excluding hydrogens is 400 g/mol. The van der Waals surface area contributed by atoms with E-state index < -0.39 is 16.1 Å². The molecule has 1 aliphatic rings. The van der Waals surface area contributed by atoms with E-state index in [9.17, 15) is 13.5 Å². The lowest BCUT2D eigenvalue weighted by molar-refractivity contribution is 0.0912. The monoisotopic (exact) mass is 426 g/mol. The first kappa shape index (κ1) is 20.7. The maximum atomic E-state index is 13.3. The number of aliphatic hydroxyl groups excluding tert-OH is 1. The summed E-state index contributed by atoms with van der Waals surface area (Å²) in [5, 5.41) is 18.2. The molecule has 7 nitrogen and oxygen atoms in total. The van der Waals surface area contributed by atoms with E-state index >= 15 is 0 Å². The lowest BCUT2D eigenvalue weighted by atomic mass is 9.93. The van der Waals surface area contributed by atoms with Crippen molar-refractivity contribution in [2.45, 2.75) is 37.7 Å². The average molecular weight is 427 g/mol. The van der Waals surface area contributed by atoms with Gasteiger partial charge in [0.25, 0.3) is 0 Å². The van der Waals surface area contributed by atoms with Crippen molar-refractivity contribution in [3.8, 4) is 22.8 Å². The standard InChI is InChI=1S/C22H26N4O3S/c1-15-8-9-19(22-23-21(24-25-22)18-6-4-3-5-7-18)14-20(15)30(28,29)26-12-10-17(11-13-26)16(2)27/h3-9,14,16-17,27H,10-13H2,1-2H3,(H,23,24,25). The molecule has 0 saturated carbocycles. The molecule has 0 aliphatic carbocycles. The summed E-state index contributed by atoms with van der Waals surface area (Å²) in [5.74, 6) is 1.31. The van der Waals surface area contributed by atoms with E-state index in [1.807, 2.05) is 36.4 Å².